The van der Waals surface area contributed by atoms with Gasteiger partial charge < -0.3 is 20.4 Å². The number of halogens is 1. The second-order valence-corrected chi connectivity index (χ2v) is 8.05. The summed E-state index contributed by atoms with van der Waals surface area (Å²) in [7, 11) is 0. The molecule has 0 aliphatic rings. The van der Waals surface area contributed by atoms with Crippen molar-refractivity contribution in [1.82, 2.24) is 15.6 Å². The van der Waals surface area contributed by atoms with Crippen LogP contribution in [0.3, 0.4) is 0 Å². The van der Waals surface area contributed by atoms with E-state index in [-0.39, 0.29) is 30.7 Å². The van der Waals surface area contributed by atoms with Gasteiger partial charge in [-0.15, -0.1) is 11.3 Å². The Labute approximate surface area is 185 Å². The maximum Gasteiger partial charge on any atom is 0.251 e. The van der Waals surface area contributed by atoms with E-state index in [1.807, 2.05) is 0 Å². The minimum atomic E-state index is -0.252. The third-order valence-corrected chi connectivity index (χ3v) is 5.21. The van der Waals surface area contributed by atoms with Gasteiger partial charge in [0.05, 0.1) is 6.54 Å². The average molecular weight is 491 g/mol. The van der Waals surface area contributed by atoms with Crippen molar-refractivity contribution in [3.63, 3.8) is 0 Å². The van der Waals surface area contributed by atoms with E-state index in [1.165, 1.54) is 18.3 Å². The number of anilines is 1. The van der Waals surface area contributed by atoms with Crippen molar-refractivity contribution in [2.75, 3.05) is 11.9 Å². The Kier molecular flexibility index (Phi) is 7.36. The molecule has 0 aliphatic heterocycles. The molecule has 1 aromatic carbocycles. The molecule has 0 fully saturated rings. The molecule has 0 atom stereocenters. The Morgan fingerprint density at radius 3 is 2.60 bits per heavy atom. The molecule has 10 heteroatoms. The van der Waals surface area contributed by atoms with Crippen LogP contribution in [0.5, 0.6) is 0 Å². The van der Waals surface area contributed by atoms with Crippen molar-refractivity contribution in [3.05, 3.63) is 57.6 Å². The topological polar surface area (TPSA) is 113 Å². The first-order chi connectivity index (χ1) is 14.4. The number of nitrogens with zero attached hydrogens (tertiary/aromatic N) is 1. The molecule has 3 aromatic rings. The van der Waals surface area contributed by atoms with E-state index in [0.717, 1.165) is 4.47 Å². The molecule has 30 heavy (non-hydrogen) atoms. The highest BCUT2D eigenvalue weighted by Gasteiger charge is 2.12. The molecular weight excluding hydrogens is 472 g/mol. The van der Waals surface area contributed by atoms with E-state index in [2.05, 4.69) is 36.9 Å². The zero-order valence-electron chi connectivity index (χ0n) is 16.0. The summed E-state index contributed by atoms with van der Waals surface area (Å²) >= 11 is 4.59. The van der Waals surface area contributed by atoms with Gasteiger partial charge in [0, 0.05) is 35.3 Å². The summed E-state index contributed by atoms with van der Waals surface area (Å²) < 4.78 is 6.53. The van der Waals surface area contributed by atoms with Crippen LogP contribution < -0.4 is 16.0 Å². The SMILES string of the molecule is CC(=O)NCc1ccc(-c2csc(NC(=O)CCNC(=O)c3ccc(Br)cc3)n2)o1. The fourth-order valence-corrected chi connectivity index (χ4v) is 3.42. The molecular formula is C20H19BrN4O4S. The van der Waals surface area contributed by atoms with Gasteiger partial charge in [-0.25, -0.2) is 4.98 Å². The first kappa shape index (κ1) is 21.7. The van der Waals surface area contributed by atoms with Crippen LogP contribution in [-0.4, -0.2) is 29.3 Å². The lowest BCUT2D eigenvalue weighted by Crippen LogP contribution is -2.27. The number of rotatable bonds is 8. The van der Waals surface area contributed by atoms with Crippen molar-refractivity contribution in [1.29, 1.82) is 0 Å². The smallest absolute Gasteiger partial charge is 0.251 e. The van der Waals surface area contributed by atoms with E-state index < -0.39 is 0 Å². The number of thiazole rings is 1. The minimum Gasteiger partial charge on any atom is -0.458 e. The van der Waals surface area contributed by atoms with Crippen LogP contribution >= 0.6 is 27.3 Å². The zero-order valence-corrected chi connectivity index (χ0v) is 18.4. The highest BCUT2D eigenvalue weighted by Crippen LogP contribution is 2.26. The Morgan fingerprint density at radius 1 is 1.10 bits per heavy atom. The molecule has 156 valence electrons. The van der Waals surface area contributed by atoms with Gasteiger partial charge in [-0.1, -0.05) is 15.9 Å². The molecule has 0 radical (unpaired) electrons. The predicted molar refractivity (Wildman–Crippen MR) is 117 cm³/mol. The van der Waals surface area contributed by atoms with E-state index in [0.29, 0.717) is 34.5 Å². The number of carbonyl (C=O) groups excluding carboxylic acids is 3. The summed E-state index contributed by atoms with van der Waals surface area (Å²) in [5.74, 6) is 0.534. The van der Waals surface area contributed by atoms with E-state index in [1.54, 1.807) is 41.8 Å². The molecule has 2 heterocycles. The molecule has 3 amide bonds. The van der Waals surface area contributed by atoms with Gasteiger partial charge in [0.25, 0.3) is 5.91 Å². The Balaban J connectivity index is 1.46. The molecule has 0 spiro atoms. The first-order valence-electron chi connectivity index (χ1n) is 9.03. The van der Waals surface area contributed by atoms with Crippen LogP contribution in [0.1, 0.15) is 29.5 Å². The zero-order chi connectivity index (χ0) is 21.5. The maximum atomic E-state index is 12.1. The average Bonchev–Trinajstić information content (AvgIpc) is 3.36. The van der Waals surface area contributed by atoms with Gasteiger partial charge in [0.2, 0.25) is 11.8 Å². The molecule has 0 unspecified atom stereocenters. The molecule has 3 rings (SSSR count). The maximum absolute atomic E-state index is 12.1. The largest absolute Gasteiger partial charge is 0.458 e. The Hall–Kier alpha value is -2.98. The molecule has 8 nitrogen and oxygen atoms in total. The van der Waals surface area contributed by atoms with E-state index >= 15 is 0 Å². The summed E-state index contributed by atoms with van der Waals surface area (Å²) in [6.45, 7) is 1.95. The standard InChI is InChI=1S/C20H19BrN4O4S/c1-12(26)23-10-15-6-7-17(29-15)16-11-30-20(24-16)25-18(27)8-9-22-19(28)13-2-4-14(21)5-3-13/h2-7,11H,8-10H2,1H3,(H,22,28)(H,23,26)(H,24,25,27). The van der Waals surface area contributed by atoms with E-state index in [4.69, 9.17) is 4.42 Å². The second-order valence-electron chi connectivity index (χ2n) is 6.27. The van der Waals surface area contributed by atoms with Crippen molar-refractivity contribution < 1.29 is 18.8 Å². The number of nitrogens with one attached hydrogen (secondary N) is 3. The van der Waals surface area contributed by atoms with Crippen LogP contribution in [-0.2, 0) is 16.1 Å². The number of carbonyl (C=O) groups is 3. The van der Waals surface area contributed by atoms with Crippen LogP contribution in [0.15, 0.2) is 50.7 Å². The van der Waals surface area contributed by atoms with Crippen molar-refractivity contribution >= 4 is 50.1 Å². The van der Waals surface area contributed by atoms with Gasteiger partial charge in [-0.3, -0.25) is 14.4 Å². The third kappa shape index (κ3) is 6.26. The van der Waals surface area contributed by atoms with Crippen LogP contribution in [0.25, 0.3) is 11.5 Å². The molecule has 0 aliphatic carbocycles. The summed E-state index contributed by atoms with van der Waals surface area (Å²) in [5.41, 5.74) is 1.12. The third-order valence-electron chi connectivity index (χ3n) is 3.92. The van der Waals surface area contributed by atoms with Crippen molar-refractivity contribution in [3.8, 4) is 11.5 Å². The number of amides is 3. The second kappa shape index (κ2) is 10.2. The van der Waals surface area contributed by atoms with Gasteiger partial charge in [0.1, 0.15) is 11.5 Å². The van der Waals surface area contributed by atoms with Gasteiger partial charge in [0.15, 0.2) is 10.9 Å². The lowest BCUT2D eigenvalue weighted by Gasteiger charge is -2.05. The fourth-order valence-electron chi connectivity index (χ4n) is 2.44. The summed E-state index contributed by atoms with van der Waals surface area (Å²) in [6.07, 6.45) is 0.124. The highest BCUT2D eigenvalue weighted by molar-refractivity contribution is 9.10. The Bertz CT molecular complexity index is 1050. The van der Waals surface area contributed by atoms with E-state index in [9.17, 15) is 14.4 Å². The fraction of sp³-hybridized carbons (Fsp3) is 0.200. The molecule has 0 saturated heterocycles. The number of benzene rings is 1. The summed E-state index contributed by atoms with van der Waals surface area (Å²) in [6, 6.07) is 10.5. The van der Waals surface area contributed by atoms with Crippen LogP contribution in [0, 0.1) is 0 Å². The number of hydrogen-bond acceptors (Lipinski definition) is 6. The van der Waals surface area contributed by atoms with Gasteiger partial charge in [-0.2, -0.15) is 0 Å². The number of furan rings is 1. The minimum absolute atomic E-state index is 0.124. The summed E-state index contributed by atoms with van der Waals surface area (Å²) in [5, 5.41) is 10.3. The van der Waals surface area contributed by atoms with Crippen LogP contribution in [0.4, 0.5) is 5.13 Å². The number of aromatic nitrogens is 1. The van der Waals surface area contributed by atoms with Crippen molar-refractivity contribution in [2.45, 2.75) is 19.9 Å². The quantitative estimate of drug-likeness (QED) is 0.446. The van der Waals surface area contributed by atoms with Crippen LogP contribution in [0.2, 0.25) is 0 Å². The molecule has 0 saturated carbocycles. The lowest BCUT2D eigenvalue weighted by molar-refractivity contribution is -0.119. The molecule has 3 N–H and O–H groups in total. The lowest BCUT2D eigenvalue weighted by atomic mass is 10.2. The molecule has 0 bridgehead atoms. The monoisotopic (exact) mass is 490 g/mol. The Morgan fingerprint density at radius 2 is 1.87 bits per heavy atom. The first-order valence-corrected chi connectivity index (χ1v) is 10.7. The normalized spacial score (nSPS) is 10.5. The molecule has 2 aromatic heterocycles. The summed E-state index contributed by atoms with van der Waals surface area (Å²) in [4.78, 5) is 39.5. The van der Waals surface area contributed by atoms with Crippen molar-refractivity contribution in [2.24, 2.45) is 0 Å². The predicted octanol–water partition coefficient (Wildman–Crippen LogP) is 3.56. The van der Waals surface area contributed by atoms with Gasteiger partial charge >= 0.3 is 0 Å². The van der Waals surface area contributed by atoms with Gasteiger partial charge in [-0.05, 0) is 36.4 Å². The highest BCUT2D eigenvalue weighted by atomic mass is 79.9. The number of hydrogen-bond donors (Lipinski definition) is 3.